The number of hydrogen-bond acceptors (Lipinski definition) is 3. The number of rotatable bonds is 5. The molecule has 1 N–H and O–H groups in total. The normalized spacial score (nSPS) is 27.6. The van der Waals surface area contributed by atoms with Gasteiger partial charge >= 0.3 is 6.18 Å². The Hall–Kier alpha value is -1.60. The van der Waals surface area contributed by atoms with Crippen molar-refractivity contribution in [2.75, 3.05) is 26.2 Å². The molecular formula is C21H27F3N2O2. The number of aliphatic hydroxyl groups excluding tert-OH is 1. The fraction of sp³-hybridized carbons (Fsp3) is 0.667. The number of benzene rings is 1. The third-order valence-electron chi connectivity index (χ3n) is 6.77. The molecule has 3 fully saturated rings. The maximum Gasteiger partial charge on any atom is 0.390 e. The third-order valence-corrected chi connectivity index (χ3v) is 6.77. The molecule has 28 heavy (non-hydrogen) atoms. The van der Waals surface area contributed by atoms with Gasteiger partial charge in [-0.1, -0.05) is 43.2 Å². The summed E-state index contributed by atoms with van der Waals surface area (Å²) in [6, 6.07) is 9.47. The molecule has 7 heteroatoms. The number of likely N-dealkylation sites (tertiary alicyclic amines) is 2. The van der Waals surface area contributed by atoms with E-state index in [0.29, 0.717) is 13.1 Å². The summed E-state index contributed by atoms with van der Waals surface area (Å²) in [6.07, 6.45) is -1.18. The highest BCUT2D eigenvalue weighted by atomic mass is 19.4. The lowest BCUT2D eigenvalue weighted by molar-refractivity contribution is -0.208. The molecule has 1 saturated carbocycles. The minimum atomic E-state index is -4.17. The summed E-state index contributed by atoms with van der Waals surface area (Å²) < 4.78 is 37.8. The first-order valence-corrected chi connectivity index (χ1v) is 10.1. The smallest absolute Gasteiger partial charge is 0.390 e. The summed E-state index contributed by atoms with van der Waals surface area (Å²) in [5, 5.41) is 10.1. The molecule has 1 aliphatic carbocycles. The number of hydrogen-bond donors (Lipinski definition) is 1. The zero-order valence-electron chi connectivity index (χ0n) is 15.9. The van der Waals surface area contributed by atoms with Crippen LogP contribution in [0, 0.1) is 5.92 Å². The minimum Gasteiger partial charge on any atom is -0.394 e. The van der Waals surface area contributed by atoms with Crippen molar-refractivity contribution in [3.63, 3.8) is 0 Å². The van der Waals surface area contributed by atoms with E-state index in [-0.39, 0.29) is 36.9 Å². The molecule has 0 unspecified atom stereocenters. The van der Waals surface area contributed by atoms with Crippen LogP contribution in [0.3, 0.4) is 0 Å². The van der Waals surface area contributed by atoms with Gasteiger partial charge in [0.25, 0.3) is 0 Å². The van der Waals surface area contributed by atoms with E-state index in [0.717, 1.165) is 31.2 Å². The summed E-state index contributed by atoms with van der Waals surface area (Å²) in [5.41, 5.74) is 0.563. The largest absolute Gasteiger partial charge is 0.394 e. The van der Waals surface area contributed by atoms with Crippen molar-refractivity contribution in [3.05, 3.63) is 35.9 Å². The summed E-state index contributed by atoms with van der Waals surface area (Å²) in [5.74, 6) is 0.0391. The molecule has 2 aliphatic heterocycles. The van der Waals surface area contributed by atoms with Gasteiger partial charge in [0.15, 0.2) is 0 Å². The maximum atomic E-state index is 13.2. The van der Waals surface area contributed by atoms with E-state index in [1.165, 1.54) is 0 Å². The van der Waals surface area contributed by atoms with Crippen LogP contribution in [0.1, 0.15) is 43.6 Å². The van der Waals surface area contributed by atoms with Crippen LogP contribution in [0.5, 0.6) is 0 Å². The summed E-state index contributed by atoms with van der Waals surface area (Å²) in [7, 11) is 0. The SMILES string of the molecule is O=C(C1CCCC1)N1[C@H](CO)[C@@H](c2ccccc2)C12CN(CCC(F)(F)F)C2. The summed E-state index contributed by atoms with van der Waals surface area (Å²) in [6.45, 7) is 0.722. The van der Waals surface area contributed by atoms with Crippen molar-refractivity contribution in [3.8, 4) is 0 Å². The quantitative estimate of drug-likeness (QED) is 0.832. The minimum absolute atomic E-state index is 0.00752. The molecule has 0 aromatic heterocycles. The number of amides is 1. The predicted octanol–water partition coefficient (Wildman–Crippen LogP) is 3.17. The molecule has 4 nitrogen and oxygen atoms in total. The van der Waals surface area contributed by atoms with Crippen molar-refractivity contribution < 1.29 is 23.1 Å². The van der Waals surface area contributed by atoms with E-state index < -0.39 is 18.1 Å². The standard InChI is InChI=1S/C21H27F3N2O2/c22-21(23,24)10-11-25-13-20(14-25)18(15-6-2-1-3-7-15)17(12-27)26(20)19(28)16-8-4-5-9-16/h1-3,6-7,16-18,27H,4-5,8-14H2/t17-,18-/m1/s1. The zero-order chi connectivity index (χ0) is 19.9. The molecule has 2 saturated heterocycles. The lowest BCUT2D eigenvalue weighted by atomic mass is 9.60. The number of nitrogens with zero attached hydrogens (tertiary/aromatic N) is 2. The van der Waals surface area contributed by atoms with Crippen LogP contribution in [0.15, 0.2) is 30.3 Å². The second-order valence-electron chi connectivity index (χ2n) is 8.51. The van der Waals surface area contributed by atoms with Crippen LogP contribution in [0.2, 0.25) is 0 Å². The molecule has 154 valence electrons. The van der Waals surface area contributed by atoms with Crippen LogP contribution in [0.4, 0.5) is 13.2 Å². The maximum absolute atomic E-state index is 13.2. The molecular weight excluding hydrogens is 369 g/mol. The van der Waals surface area contributed by atoms with Gasteiger partial charge in [0.05, 0.1) is 24.6 Å². The van der Waals surface area contributed by atoms with Crippen molar-refractivity contribution in [1.82, 2.24) is 9.80 Å². The van der Waals surface area contributed by atoms with Gasteiger partial charge in [-0.3, -0.25) is 9.69 Å². The summed E-state index contributed by atoms with van der Waals surface area (Å²) in [4.78, 5) is 16.8. The van der Waals surface area contributed by atoms with E-state index in [4.69, 9.17) is 0 Å². The molecule has 1 aromatic rings. The highest BCUT2D eigenvalue weighted by Gasteiger charge is 2.67. The van der Waals surface area contributed by atoms with Gasteiger partial charge in [0.2, 0.25) is 5.91 Å². The van der Waals surface area contributed by atoms with E-state index >= 15 is 0 Å². The topological polar surface area (TPSA) is 43.8 Å². The van der Waals surface area contributed by atoms with Gasteiger partial charge in [-0.2, -0.15) is 13.2 Å². The average molecular weight is 396 g/mol. The number of halogens is 3. The highest BCUT2D eigenvalue weighted by molar-refractivity contribution is 5.82. The van der Waals surface area contributed by atoms with Crippen LogP contribution in [-0.2, 0) is 4.79 Å². The Morgan fingerprint density at radius 3 is 2.36 bits per heavy atom. The van der Waals surface area contributed by atoms with Gasteiger partial charge in [-0.05, 0) is 18.4 Å². The second-order valence-corrected chi connectivity index (χ2v) is 8.51. The third kappa shape index (κ3) is 3.32. The predicted molar refractivity (Wildman–Crippen MR) is 98.7 cm³/mol. The first-order chi connectivity index (χ1) is 13.4. The Labute approximate surface area is 163 Å². The fourth-order valence-electron chi connectivity index (χ4n) is 5.56. The fourth-order valence-corrected chi connectivity index (χ4v) is 5.56. The average Bonchev–Trinajstić information content (AvgIpc) is 3.14. The number of carbonyl (C=O) groups excluding carboxylic acids is 1. The lowest BCUT2D eigenvalue weighted by Crippen LogP contribution is -2.85. The molecule has 1 amide bonds. The Morgan fingerprint density at radius 1 is 1.14 bits per heavy atom. The number of alkyl halides is 3. The van der Waals surface area contributed by atoms with E-state index in [1.807, 2.05) is 35.2 Å². The zero-order valence-corrected chi connectivity index (χ0v) is 15.9. The summed E-state index contributed by atoms with van der Waals surface area (Å²) >= 11 is 0. The Balaban J connectivity index is 1.56. The molecule has 1 aromatic carbocycles. The van der Waals surface area contributed by atoms with Gasteiger partial charge in [-0.15, -0.1) is 0 Å². The first-order valence-electron chi connectivity index (χ1n) is 10.1. The van der Waals surface area contributed by atoms with Crippen molar-refractivity contribution in [1.29, 1.82) is 0 Å². The Morgan fingerprint density at radius 2 is 1.79 bits per heavy atom. The molecule has 4 rings (SSSR count). The van der Waals surface area contributed by atoms with Crippen LogP contribution < -0.4 is 0 Å². The van der Waals surface area contributed by atoms with Crippen molar-refractivity contribution >= 4 is 5.91 Å². The van der Waals surface area contributed by atoms with Gasteiger partial charge in [-0.25, -0.2) is 0 Å². The molecule has 3 aliphatic rings. The van der Waals surface area contributed by atoms with E-state index in [2.05, 4.69) is 0 Å². The van der Waals surface area contributed by atoms with Crippen LogP contribution >= 0.6 is 0 Å². The number of carbonyl (C=O) groups is 1. The Kier molecular flexibility index (Phi) is 5.16. The van der Waals surface area contributed by atoms with Crippen molar-refractivity contribution in [2.24, 2.45) is 5.92 Å². The molecule has 2 heterocycles. The van der Waals surface area contributed by atoms with Crippen molar-refractivity contribution in [2.45, 2.75) is 55.8 Å². The van der Waals surface area contributed by atoms with Crippen LogP contribution in [-0.4, -0.2) is 64.8 Å². The monoisotopic (exact) mass is 396 g/mol. The van der Waals surface area contributed by atoms with E-state index in [9.17, 15) is 23.1 Å². The highest BCUT2D eigenvalue weighted by Crippen LogP contribution is 2.55. The molecule has 0 radical (unpaired) electrons. The molecule has 0 bridgehead atoms. The second kappa shape index (κ2) is 7.34. The van der Waals surface area contributed by atoms with Gasteiger partial charge < -0.3 is 10.0 Å². The van der Waals surface area contributed by atoms with E-state index in [1.54, 1.807) is 4.90 Å². The van der Waals surface area contributed by atoms with Gasteiger partial charge in [0.1, 0.15) is 0 Å². The Bertz CT molecular complexity index is 697. The number of aliphatic hydroxyl groups is 1. The van der Waals surface area contributed by atoms with Crippen LogP contribution in [0.25, 0.3) is 0 Å². The first kappa shape index (κ1) is 19.7. The lowest BCUT2D eigenvalue weighted by Gasteiger charge is -2.71. The molecule has 1 spiro atoms. The molecule has 2 atom stereocenters. The van der Waals surface area contributed by atoms with Gasteiger partial charge in [0, 0.05) is 31.5 Å².